The molecule has 1 heterocycles. The van der Waals surface area contributed by atoms with Crippen LogP contribution in [0.1, 0.15) is 25.7 Å². The summed E-state index contributed by atoms with van der Waals surface area (Å²) in [6.07, 6.45) is 3.64. The van der Waals surface area contributed by atoms with Gasteiger partial charge in [-0.25, -0.2) is 4.98 Å². The number of nitrogens with zero attached hydrogens (tertiary/aromatic N) is 2. The van der Waals surface area contributed by atoms with Gasteiger partial charge in [0.05, 0.1) is 5.69 Å². The van der Waals surface area contributed by atoms with Crippen LogP contribution in [-0.2, 0) is 4.79 Å². The van der Waals surface area contributed by atoms with Crippen molar-refractivity contribution in [3.63, 3.8) is 0 Å². The van der Waals surface area contributed by atoms with Crippen molar-refractivity contribution in [1.82, 2.24) is 15.2 Å². The topological polar surface area (TPSA) is 96.7 Å². The van der Waals surface area contributed by atoms with Gasteiger partial charge in [0.2, 0.25) is 5.91 Å². The molecule has 0 radical (unpaired) electrons. The maximum absolute atomic E-state index is 12.7. The van der Waals surface area contributed by atoms with Gasteiger partial charge in [0.15, 0.2) is 11.6 Å². The number of hydrogen-bond donors (Lipinski definition) is 3. The standard InChI is InChI=1S/C21H23N5O/c22-16-10-6-9-15(13-16)21(27)23-18-12-5-4-11-17(18)20-24-19(25-26-20)14-7-2-1-3-8-14/h1-5,7-8,11-12,15-16H,6,9-10,13,22H2,(H,23,27)(H,24,25,26). The molecule has 6 nitrogen and oxygen atoms in total. The average Bonchev–Trinajstić information content (AvgIpc) is 3.19. The molecule has 0 saturated heterocycles. The van der Waals surface area contributed by atoms with Gasteiger partial charge in [-0.15, -0.1) is 0 Å². The molecular weight excluding hydrogens is 338 g/mol. The first kappa shape index (κ1) is 17.4. The molecule has 2 unspecified atom stereocenters. The highest BCUT2D eigenvalue weighted by Gasteiger charge is 2.26. The zero-order valence-electron chi connectivity index (χ0n) is 15.1. The molecule has 1 aliphatic carbocycles. The van der Waals surface area contributed by atoms with Crippen LogP contribution in [0.15, 0.2) is 54.6 Å². The first-order valence-corrected chi connectivity index (χ1v) is 9.34. The molecule has 4 N–H and O–H groups in total. The number of carbonyl (C=O) groups is 1. The molecule has 6 heteroatoms. The lowest BCUT2D eigenvalue weighted by Crippen LogP contribution is -2.34. The number of rotatable bonds is 4. The van der Waals surface area contributed by atoms with Crippen LogP contribution >= 0.6 is 0 Å². The Labute approximate surface area is 158 Å². The van der Waals surface area contributed by atoms with E-state index in [0.717, 1.165) is 42.5 Å². The molecule has 0 spiro atoms. The summed E-state index contributed by atoms with van der Waals surface area (Å²) in [5.74, 6) is 1.26. The van der Waals surface area contributed by atoms with E-state index in [0.29, 0.717) is 11.6 Å². The van der Waals surface area contributed by atoms with Crippen molar-refractivity contribution in [3.05, 3.63) is 54.6 Å². The van der Waals surface area contributed by atoms with Gasteiger partial charge in [0, 0.05) is 23.1 Å². The van der Waals surface area contributed by atoms with E-state index in [1.165, 1.54) is 0 Å². The molecule has 27 heavy (non-hydrogen) atoms. The Morgan fingerprint density at radius 2 is 1.85 bits per heavy atom. The molecule has 1 fully saturated rings. The van der Waals surface area contributed by atoms with E-state index in [1.54, 1.807) is 0 Å². The van der Waals surface area contributed by atoms with Crippen molar-refractivity contribution >= 4 is 11.6 Å². The lowest BCUT2D eigenvalue weighted by atomic mass is 9.85. The van der Waals surface area contributed by atoms with E-state index in [2.05, 4.69) is 20.5 Å². The fraction of sp³-hybridized carbons (Fsp3) is 0.286. The molecule has 1 saturated carbocycles. The van der Waals surface area contributed by atoms with E-state index in [1.807, 2.05) is 54.6 Å². The lowest BCUT2D eigenvalue weighted by molar-refractivity contribution is -0.120. The van der Waals surface area contributed by atoms with E-state index >= 15 is 0 Å². The second-order valence-electron chi connectivity index (χ2n) is 7.03. The quantitative estimate of drug-likeness (QED) is 0.661. The number of hydrogen-bond acceptors (Lipinski definition) is 4. The summed E-state index contributed by atoms with van der Waals surface area (Å²) in [5.41, 5.74) is 8.53. The lowest BCUT2D eigenvalue weighted by Gasteiger charge is -2.25. The van der Waals surface area contributed by atoms with Crippen molar-refractivity contribution < 1.29 is 4.79 Å². The Balaban J connectivity index is 1.57. The number of nitrogens with two attached hydrogens (primary N) is 1. The Kier molecular flexibility index (Phi) is 4.98. The van der Waals surface area contributed by atoms with E-state index in [9.17, 15) is 4.79 Å². The summed E-state index contributed by atoms with van der Waals surface area (Å²) in [4.78, 5) is 17.3. The smallest absolute Gasteiger partial charge is 0.227 e. The highest BCUT2D eigenvalue weighted by molar-refractivity contribution is 5.96. The molecule has 138 valence electrons. The molecule has 2 atom stereocenters. The van der Waals surface area contributed by atoms with Gasteiger partial charge in [-0.2, -0.15) is 5.10 Å². The number of aromatic amines is 1. The minimum absolute atomic E-state index is 0.0281. The molecule has 2 aromatic carbocycles. The number of nitrogens with one attached hydrogen (secondary N) is 2. The van der Waals surface area contributed by atoms with Gasteiger partial charge in [-0.1, -0.05) is 48.9 Å². The highest BCUT2D eigenvalue weighted by atomic mass is 16.1. The second-order valence-corrected chi connectivity index (χ2v) is 7.03. The van der Waals surface area contributed by atoms with Crippen LogP contribution in [0, 0.1) is 5.92 Å². The predicted octanol–water partition coefficient (Wildman–Crippen LogP) is 3.59. The fourth-order valence-corrected chi connectivity index (χ4v) is 3.60. The summed E-state index contributed by atoms with van der Waals surface area (Å²) in [7, 11) is 0. The van der Waals surface area contributed by atoms with Crippen LogP contribution in [0.25, 0.3) is 22.8 Å². The van der Waals surface area contributed by atoms with Crippen molar-refractivity contribution in [2.45, 2.75) is 31.7 Å². The molecule has 3 aromatic rings. The van der Waals surface area contributed by atoms with Gasteiger partial charge in [-0.05, 0) is 31.4 Å². The monoisotopic (exact) mass is 361 g/mol. The van der Waals surface area contributed by atoms with Crippen LogP contribution < -0.4 is 11.1 Å². The van der Waals surface area contributed by atoms with Crippen molar-refractivity contribution in [1.29, 1.82) is 0 Å². The highest BCUT2D eigenvalue weighted by Crippen LogP contribution is 2.29. The first-order valence-electron chi connectivity index (χ1n) is 9.34. The number of benzene rings is 2. The van der Waals surface area contributed by atoms with Crippen LogP contribution in [-0.4, -0.2) is 27.1 Å². The molecule has 4 rings (SSSR count). The van der Waals surface area contributed by atoms with Gasteiger partial charge < -0.3 is 11.1 Å². The zero-order chi connectivity index (χ0) is 18.6. The Hall–Kier alpha value is -2.99. The fourth-order valence-electron chi connectivity index (χ4n) is 3.60. The van der Waals surface area contributed by atoms with Crippen LogP contribution in [0.2, 0.25) is 0 Å². The largest absolute Gasteiger partial charge is 0.328 e. The third-order valence-corrected chi connectivity index (χ3v) is 5.04. The van der Waals surface area contributed by atoms with Gasteiger partial charge in [0.1, 0.15) is 0 Å². The Morgan fingerprint density at radius 1 is 1.07 bits per heavy atom. The first-order chi connectivity index (χ1) is 13.2. The third kappa shape index (κ3) is 3.90. The molecule has 1 aliphatic rings. The van der Waals surface area contributed by atoms with Gasteiger partial charge in [0.25, 0.3) is 0 Å². The minimum Gasteiger partial charge on any atom is -0.328 e. The average molecular weight is 361 g/mol. The SMILES string of the molecule is NC1CCCC(C(=O)Nc2ccccc2-c2nc(-c3ccccc3)n[nH]2)C1. The van der Waals surface area contributed by atoms with Crippen molar-refractivity contribution in [2.24, 2.45) is 11.7 Å². The summed E-state index contributed by atoms with van der Waals surface area (Å²) in [5, 5.41) is 10.4. The molecular formula is C21H23N5O. The molecule has 1 aromatic heterocycles. The predicted molar refractivity (Wildman–Crippen MR) is 106 cm³/mol. The summed E-state index contributed by atoms with van der Waals surface area (Å²) >= 11 is 0. The minimum atomic E-state index is -0.0311. The number of H-pyrrole nitrogens is 1. The second kappa shape index (κ2) is 7.72. The van der Waals surface area contributed by atoms with Crippen LogP contribution in [0.4, 0.5) is 5.69 Å². The Bertz CT molecular complexity index is 921. The normalized spacial score (nSPS) is 19.6. The van der Waals surface area contributed by atoms with E-state index in [-0.39, 0.29) is 17.9 Å². The molecule has 1 amide bonds. The number of aromatic nitrogens is 3. The van der Waals surface area contributed by atoms with E-state index < -0.39 is 0 Å². The van der Waals surface area contributed by atoms with Crippen molar-refractivity contribution in [2.75, 3.05) is 5.32 Å². The maximum atomic E-state index is 12.7. The number of anilines is 1. The zero-order valence-corrected chi connectivity index (χ0v) is 15.1. The van der Waals surface area contributed by atoms with Gasteiger partial charge in [-0.3, -0.25) is 9.89 Å². The molecule has 0 aliphatic heterocycles. The van der Waals surface area contributed by atoms with Crippen LogP contribution in [0.5, 0.6) is 0 Å². The summed E-state index contributed by atoms with van der Waals surface area (Å²) < 4.78 is 0. The van der Waals surface area contributed by atoms with Crippen LogP contribution in [0.3, 0.4) is 0 Å². The van der Waals surface area contributed by atoms with Crippen molar-refractivity contribution in [3.8, 4) is 22.8 Å². The third-order valence-electron chi connectivity index (χ3n) is 5.04. The Morgan fingerprint density at radius 3 is 2.67 bits per heavy atom. The van der Waals surface area contributed by atoms with E-state index in [4.69, 9.17) is 5.73 Å². The molecule has 0 bridgehead atoms. The number of carbonyl (C=O) groups excluding carboxylic acids is 1. The number of para-hydroxylation sites is 1. The maximum Gasteiger partial charge on any atom is 0.227 e. The van der Waals surface area contributed by atoms with Gasteiger partial charge >= 0.3 is 0 Å². The summed E-state index contributed by atoms with van der Waals surface area (Å²) in [6, 6.07) is 17.6. The number of amides is 1. The summed E-state index contributed by atoms with van der Waals surface area (Å²) in [6.45, 7) is 0.